The monoisotopic (exact) mass is 289 g/mol. The lowest BCUT2D eigenvalue weighted by Crippen LogP contribution is -2.35. The van der Waals surface area contributed by atoms with Gasteiger partial charge in [0.2, 0.25) is 5.91 Å². The van der Waals surface area contributed by atoms with Gasteiger partial charge in [-0.3, -0.25) is 13.9 Å². The van der Waals surface area contributed by atoms with Crippen LogP contribution in [-0.4, -0.2) is 55.8 Å². The summed E-state index contributed by atoms with van der Waals surface area (Å²) >= 11 is 0. The second-order valence-corrected chi connectivity index (χ2v) is 7.06. The molecule has 17 heavy (non-hydrogen) atoms. The fourth-order valence-electron chi connectivity index (χ4n) is 1.09. The molecule has 0 fully saturated rings. The van der Waals surface area contributed by atoms with Crippen LogP contribution in [-0.2, 0) is 13.9 Å². The molecule has 0 aliphatic rings. The van der Waals surface area contributed by atoms with Crippen LogP contribution in [0.5, 0.6) is 0 Å². The van der Waals surface area contributed by atoms with Crippen molar-refractivity contribution in [3.63, 3.8) is 0 Å². The number of nitrogens with zero attached hydrogens (tertiary/aromatic N) is 1. The summed E-state index contributed by atoms with van der Waals surface area (Å²) in [5.74, 6) is -0.396. The van der Waals surface area contributed by atoms with E-state index < -0.39 is 33.4 Å². The molecule has 0 saturated heterocycles. The molecule has 0 atom stereocenters. The van der Waals surface area contributed by atoms with Crippen molar-refractivity contribution in [2.24, 2.45) is 0 Å². The number of hydrogen-bond donors (Lipinski definition) is 4. The first-order valence-electron chi connectivity index (χ1n) is 4.92. The molecule has 0 saturated carbocycles. The van der Waals surface area contributed by atoms with E-state index in [9.17, 15) is 13.9 Å². The van der Waals surface area contributed by atoms with Crippen LogP contribution in [0.4, 0.5) is 0 Å². The zero-order valence-corrected chi connectivity index (χ0v) is 11.2. The van der Waals surface area contributed by atoms with Gasteiger partial charge in [-0.25, -0.2) is 0 Å². The first-order chi connectivity index (χ1) is 7.55. The quantitative estimate of drug-likeness (QED) is 0.467. The molecule has 0 aromatic carbocycles. The van der Waals surface area contributed by atoms with E-state index in [1.165, 1.54) is 0 Å². The first-order valence-corrected chi connectivity index (χ1v) is 8.51. The van der Waals surface area contributed by atoms with Crippen LogP contribution in [0, 0.1) is 0 Å². The molecule has 0 aromatic heterocycles. The molecule has 0 rings (SSSR count). The lowest BCUT2D eigenvalue weighted by Gasteiger charge is -2.22. The third kappa shape index (κ3) is 9.47. The highest BCUT2D eigenvalue weighted by Gasteiger charge is 2.21. The van der Waals surface area contributed by atoms with Gasteiger partial charge in [-0.1, -0.05) is 6.92 Å². The Balaban J connectivity index is 4.40. The van der Waals surface area contributed by atoms with E-state index in [4.69, 9.17) is 19.6 Å². The van der Waals surface area contributed by atoms with Gasteiger partial charge in [-0.05, 0) is 0 Å². The molecule has 10 heteroatoms. The molecule has 0 aromatic rings. The summed E-state index contributed by atoms with van der Waals surface area (Å²) in [6, 6.07) is 0. The van der Waals surface area contributed by atoms with E-state index in [0.29, 0.717) is 0 Å². The number of rotatable bonds is 7. The van der Waals surface area contributed by atoms with E-state index in [2.05, 4.69) is 0 Å². The van der Waals surface area contributed by atoms with E-state index >= 15 is 0 Å². The van der Waals surface area contributed by atoms with Crippen LogP contribution in [0.15, 0.2) is 0 Å². The Morgan fingerprint density at radius 3 is 1.59 bits per heavy atom. The largest absolute Gasteiger partial charge is 0.341 e. The zero-order chi connectivity index (χ0) is 13.7. The number of carbonyl (C=O) groups is 1. The topological polar surface area (TPSA) is 135 Å². The second-order valence-electron chi connectivity index (χ2n) is 3.51. The Morgan fingerprint density at radius 1 is 1.00 bits per heavy atom. The Bertz CT molecular complexity index is 320. The van der Waals surface area contributed by atoms with Gasteiger partial charge in [0.05, 0.1) is 12.3 Å². The summed E-state index contributed by atoms with van der Waals surface area (Å²) in [4.78, 5) is 47.1. The molecule has 0 aliphatic heterocycles. The molecule has 4 N–H and O–H groups in total. The van der Waals surface area contributed by atoms with Gasteiger partial charge in [-0.2, -0.15) is 0 Å². The Kier molecular flexibility index (Phi) is 6.55. The summed E-state index contributed by atoms with van der Waals surface area (Å²) in [6.45, 7) is 1.14. The van der Waals surface area contributed by atoms with Crippen molar-refractivity contribution in [2.75, 3.05) is 25.4 Å². The molecule has 0 radical (unpaired) electrons. The number of carbonyl (C=O) groups excluding carboxylic acids is 1. The Morgan fingerprint density at radius 2 is 1.35 bits per heavy atom. The third-order valence-electron chi connectivity index (χ3n) is 1.98. The number of amides is 1. The van der Waals surface area contributed by atoms with Gasteiger partial charge in [0.15, 0.2) is 0 Å². The average Bonchev–Trinajstić information content (AvgIpc) is 2.13. The van der Waals surface area contributed by atoms with E-state index in [-0.39, 0.29) is 19.5 Å². The minimum atomic E-state index is -4.22. The van der Waals surface area contributed by atoms with Crippen LogP contribution in [0.25, 0.3) is 0 Å². The Labute approximate surface area is 99.0 Å². The fourth-order valence-corrected chi connectivity index (χ4v) is 2.09. The Hall–Kier alpha value is -0.230. The molecule has 0 heterocycles. The molecule has 8 nitrogen and oxygen atoms in total. The molecular weight excluding hydrogens is 272 g/mol. The van der Waals surface area contributed by atoms with Gasteiger partial charge < -0.3 is 24.5 Å². The van der Waals surface area contributed by atoms with Crippen LogP contribution in [0.1, 0.15) is 13.3 Å². The standard InChI is InChI=1S/C7H17NO7P2/c1-2-7(9)8(3-5-16(10,11)12)4-6-17(13,14)15/h2-6H2,1H3,(H2,10,11,12)(H2,13,14,15). The van der Waals surface area contributed by atoms with Crippen molar-refractivity contribution in [1.82, 2.24) is 4.90 Å². The van der Waals surface area contributed by atoms with Gasteiger partial charge in [0.25, 0.3) is 0 Å². The highest BCUT2D eigenvalue weighted by atomic mass is 31.2. The van der Waals surface area contributed by atoms with Crippen LogP contribution < -0.4 is 0 Å². The average molecular weight is 289 g/mol. The summed E-state index contributed by atoms with van der Waals surface area (Å²) in [6.07, 6.45) is -0.915. The van der Waals surface area contributed by atoms with Crippen molar-refractivity contribution in [3.05, 3.63) is 0 Å². The van der Waals surface area contributed by atoms with Crippen LogP contribution in [0.2, 0.25) is 0 Å². The lowest BCUT2D eigenvalue weighted by atomic mass is 10.4. The number of hydrogen-bond acceptors (Lipinski definition) is 3. The highest BCUT2D eigenvalue weighted by molar-refractivity contribution is 7.52. The van der Waals surface area contributed by atoms with E-state index in [1.807, 2.05) is 0 Å². The normalized spacial score (nSPS) is 12.5. The minimum absolute atomic E-state index is 0.113. The van der Waals surface area contributed by atoms with E-state index in [1.54, 1.807) is 6.92 Å². The van der Waals surface area contributed by atoms with Gasteiger partial charge in [0, 0.05) is 19.5 Å². The lowest BCUT2D eigenvalue weighted by molar-refractivity contribution is -0.130. The van der Waals surface area contributed by atoms with Crippen molar-refractivity contribution in [1.29, 1.82) is 0 Å². The molecule has 1 amide bonds. The smallest absolute Gasteiger partial charge is 0.327 e. The van der Waals surface area contributed by atoms with E-state index in [0.717, 1.165) is 4.90 Å². The summed E-state index contributed by atoms with van der Waals surface area (Å²) in [5.41, 5.74) is 0. The van der Waals surface area contributed by atoms with Crippen molar-refractivity contribution >= 4 is 21.1 Å². The second kappa shape index (κ2) is 6.64. The van der Waals surface area contributed by atoms with Gasteiger partial charge in [0.1, 0.15) is 0 Å². The maximum atomic E-state index is 11.4. The molecule has 0 bridgehead atoms. The molecule has 0 spiro atoms. The highest BCUT2D eigenvalue weighted by Crippen LogP contribution is 2.35. The molecule has 0 unspecified atom stereocenters. The zero-order valence-electron chi connectivity index (χ0n) is 9.39. The molecular formula is C7H17NO7P2. The SMILES string of the molecule is CCC(=O)N(CCP(=O)(O)O)CCP(=O)(O)O. The first kappa shape index (κ1) is 16.8. The van der Waals surface area contributed by atoms with Gasteiger partial charge >= 0.3 is 15.2 Å². The molecule has 0 aliphatic carbocycles. The summed E-state index contributed by atoms with van der Waals surface area (Å²) in [5, 5.41) is 0. The maximum Gasteiger partial charge on any atom is 0.327 e. The predicted octanol–water partition coefficient (Wildman–Crippen LogP) is -0.420. The van der Waals surface area contributed by atoms with Gasteiger partial charge in [-0.15, -0.1) is 0 Å². The fraction of sp³-hybridized carbons (Fsp3) is 0.857. The van der Waals surface area contributed by atoms with Crippen molar-refractivity contribution in [2.45, 2.75) is 13.3 Å². The third-order valence-corrected chi connectivity index (χ3v) is 3.54. The minimum Gasteiger partial charge on any atom is -0.341 e. The summed E-state index contributed by atoms with van der Waals surface area (Å²) < 4.78 is 21.3. The van der Waals surface area contributed by atoms with Crippen molar-refractivity contribution < 1.29 is 33.5 Å². The maximum absolute atomic E-state index is 11.4. The van der Waals surface area contributed by atoms with Crippen LogP contribution in [0.3, 0.4) is 0 Å². The predicted molar refractivity (Wildman–Crippen MR) is 60.7 cm³/mol. The van der Waals surface area contributed by atoms with Crippen LogP contribution >= 0.6 is 15.2 Å². The molecule has 102 valence electrons. The van der Waals surface area contributed by atoms with Crippen molar-refractivity contribution in [3.8, 4) is 0 Å². The summed E-state index contributed by atoms with van der Waals surface area (Å²) in [7, 11) is -8.44.